The number of amides is 2. The summed E-state index contributed by atoms with van der Waals surface area (Å²) in [7, 11) is 2.72. The molecule has 2 rings (SSSR count). The first-order chi connectivity index (χ1) is 20.3. The molecule has 8 nitrogen and oxygen atoms in total. The van der Waals surface area contributed by atoms with Crippen LogP contribution in [0.1, 0.15) is 88.7 Å². The molecular weight excluding hydrogens is 564 g/mol. The van der Waals surface area contributed by atoms with Gasteiger partial charge in [-0.2, -0.15) is 0 Å². The van der Waals surface area contributed by atoms with E-state index in [1.54, 1.807) is 27.7 Å². The molecule has 2 atom stereocenters. The topological polar surface area (TPSA) is 111 Å². The van der Waals surface area contributed by atoms with Crippen molar-refractivity contribution in [3.63, 3.8) is 0 Å². The van der Waals surface area contributed by atoms with Gasteiger partial charge < -0.3 is 20.1 Å². The van der Waals surface area contributed by atoms with Crippen LogP contribution in [0.4, 0.5) is 0 Å². The third kappa shape index (κ3) is 10.4. The maximum Gasteiger partial charge on any atom is 0.311 e. The number of benzene rings is 2. The van der Waals surface area contributed by atoms with Crippen molar-refractivity contribution in [1.29, 1.82) is 0 Å². The van der Waals surface area contributed by atoms with Gasteiger partial charge in [0.2, 0.25) is 11.8 Å². The van der Waals surface area contributed by atoms with Crippen LogP contribution in [0.15, 0.2) is 48.5 Å². The van der Waals surface area contributed by atoms with E-state index in [2.05, 4.69) is 24.5 Å². The van der Waals surface area contributed by atoms with Crippen LogP contribution >= 0.6 is 11.8 Å². The lowest BCUT2D eigenvalue weighted by Crippen LogP contribution is -2.38. The average Bonchev–Trinajstić information content (AvgIpc) is 2.99. The highest BCUT2D eigenvalue weighted by molar-refractivity contribution is 8.00. The highest BCUT2D eigenvalue weighted by atomic mass is 32.2. The Kier molecular flexibility index (Phi) is 13.8. The molecule has 2 N–H and O–H groups in total. The average molecular weight is 613 g/mol. The standard InChI is InChI=1S/C34H48N2O6S/c1-9-23-15-11-13-17-25(23)27(19-33(3,4)31(39)41-7)35-29(37)21-43-22-30(38)36-28(20-34(5,6)32(40)42-8)26-18-14-12-16-24(26)10-2/h11-18,27-28H,9-10,19-22H2,1-8H3,(H,35,37)(H,36,38). The zero-order valence-corrected chi connectivity index (χ0v) is 27.7. The minimum Gasteiger partial charge on any atom is -0.469 e. The van der Waals surface area contributed by atoms with E-state index in [9.17, 15) is 19.2 Å². The zero-order chi connectivity index (χ0) is 32.2. The van der Waals surface area contributed by atoms with Crippen LogP contribution in [0.5, 0.6) is 0 Å². The summed E-state index contributed by atoms with van der Waals surface area (Å²) in [5.74, 6) is -1.01. The molecule has 43 heavy (non-hydrogen) atoms. The molecule has 236 valence electrons. The molecule has 2 amide bonds. The lowest BCUT2D eigenvalue weighted by atomic mass is 9.82. The van der Waals surface area contributed by atoms with Crippen LogP contribution in [0.2, 0.25) is 0 Å². The molecule has 0 bridgehead atoms. The number of methoxy groups -OCH3 is 2. The van der Waals surface area contributed by atoms with Crippen LogP contribution < -0.4 is 10.6 Å². The largest absolute Gasteiger partial charge is 0.469 e. The summed E-state index contributed by atoms with van der Waals surface area (Å²) in [6, 6.07) is 15.0. The minimum absolute atomic E-state index is 0.0702. The Balaban J connectivity index is 2.13. The normalized spacial score (nSPS) is 13.0. The van der Waals surface area contributed by atoms with Crippen LogP contribution in [-0.2, 0) is 41.5 Å². The van der Waals surface area contributed by atoms with Crippen LogP contribution in [0.3, 0.4) is 0 Å². The van der Waals surface area contributed by atoms with E-state index in [0.29, 0.717) is 12.8 Å². The number of ether oxygens (including phenoxy) is 2. The van der Waals surface area contributed by atoms with Crippen molar-refractivity contribution in [2.75, 3.05) is 25.7 Å². The molecule has 9 heteroatoms. The van der Waals surface area contributed by atoms with Gasteiger partial charge in [-0.15, -0.1) is 11.8 Å². The van der Waals surface area contributed by atoms with Crippen molar-refractivity contribution >= 4 is 35.5 Å². The van der Waals surface area contributed by atoms with Gasteiger partial charge >= 0.3 is 11.9 Å². The molecule has 2 unspecified atom stereocenters. The molecule has 0 fully saturated rings. The lowest BCUT2D eigenvalue weighted by Gasteiger charge is -2.30. The maximum atomic E-state index is 13.1. The first-order valence-electron chi connectivity index (χ1n) is 14.8. The number of nitrogens with one attached hydrogen (secondary N) is 2. The highest BCUT2D eigenvalue weighted by Crippen LogP contribution is 2.34. The first kappa shape index (κ1) is 35.9. The molecular formula is C34H48N2O6S. The molecule has 0 saturated heterocycles. The number of hydrogen-bond acceptors (Lipinski definition) is 7. The number of esters is 2. The van der Waals surface area contributed by atoms with Crippen molar-refractivity contribution in [3.8, 4) is 0 Å². The second-order valence-corrected chi connectivity index (χ2v) is 13.0. The van der Waals surface area contributed by atoms with E-state index in [-0.39, 0.29) is 35.3 Å². The van der Waals surface area contributed by atoms with Gasteiger partial charge in [0.25, 0.3) is 0 Å². The summed E-state index contributed by atoms with van der Waals surface area (Å²) in [6.07, 6.45) is 2.29. The van der Waals surface area contributed by atoms with E-state index in [4.69, 9.17) is 9.47 Å². The third-order valence-electron chi connectivity index (χ3n) is 7.66. The molecule has 0 aliphatic carbocycles. The first-order valence-corrected chi connectivity index (χ1v) is 15.9. The van der Waals surface area contributed by atoms with Crippen LogP contribution in [0.25, 0.3) is 0 Å². The van der Waals surface area contributed by atoms with Gasteiger partial charge in [0.15, 0.2) is 0 Å². The van der Waals surface area contributed by atoms with E-state index >= 15 is 0 Å². The van der Waals surface area contributed by atoms with E-state index in [0.717, 1.165) is 35.1 Å². The Morgan fingerprint density at radius 2 is 1.02 bits per heavy atom. The van der Waals surface area contributed by atoms with Gasteiger partial charge in [0.1, 0.15) is 0 Å². The van der Waals surface area contributed by atoms with Gasteiger partial charge in [-0.05, 0) is 75.6 Å². The summed E-state index contributed by atoms with van der Waals surface area (Å²) in [4.78, 5) is 51.2. The van der Waals surface area contributed by atoms with Crippen LogP contribution in [-0.4, -0.2) is 49.5 Å². The Labute approximate surface area is 261 Å². The van der Waals surface area contributed by atoms with Crippen LogP contribution in [0, 0.1) is 10.8 Å². The predicted octanol–water partition coefficient (Wildman–Crippen LogP) is 5.74. The van der Waals surface area contributed by atoms with Gasteiger partial charge in [-0.1, -0.05) is 62.4 Å². The Bertz CT molecular complexity index is 1160. The molecule has 0 aromatic heterocycles. The smallest absolute Gasteiger partial charge is 0.311 e. The summed E-state index contributed by atoms with van der Waals surface area (Å²) >= 11 is 1.21. The molecule has 0 spiro atoms. The molecule has 2 aromatic carbocycles. The zero-order valence-electron chi connectivity index (χ0n) is 26.9. The number of aryl methyl sites for hydroxylation is 2. The highest BCUT2D eigenvalue weighted by Gasteiger charge is 2.35. The Morgan fingerprint density at radius 1 is 0.674 bits per heavy atom. The summed E-state index contributed by atoms with van der Waals surface area (Å²) in [6.45, 7) is 11.3. The summed E-state index contributed by atoms with van der Waals surface area (Å²) in [5.41, 5.74) is 2.47. The molecule has 0 aliphatic heterocycles. The van der Waals surface area contributed by atoms with E-state index in [1.807, 2.05) is 48.5 Å². The van der Waals surface area contributed by atoms with Crippen molar-refractivity contribution in [2.45, 2.75) is 79.3 Å². The van der Waals surface area contributed by atoms with Crippen molar-refractivity contribution < 1.29 is 28.7 Å². The van der Waals surface area contributed by atoms with Crippen molar-refractivity contribution in [1.82, 2.24) is 10.6 Å². The second-order valence-electron chi connectivity index (χ2n) is 12.0. The molecule has 0 radical (unpaired) electrons. The SMILES string of the molecule is CCc1ccccc1C(CC(C)(C)C(=O)OC)NC(=O)CSCC(=O)NC(CC(C)(C)C(=O)OC)c1ccccc1CC. The van der Waals surface area contributed by atoms with Gasteiger partial charge in [0, 0.05) is 0 Å². The fourth-order valence-corrected chi connectivity index (χ4v) is 5.96. The number of carbonyl (C=O) groups is 4. The molecule has 0 saturated carbocycles. The van der Waals surface area contributed by atoms with Gasteiger partial charge in [-0.3, -0.25) is 19.2 Å². The molecule has 0 aliphatic rings. The fraction of sp³-hybridized carbons (Fsp3) is 0.529. The van der Waals surface area contributed by atoms with Gasteiger partial charge in [0.05, 0.1) is 48.6 Å². The molecule has 2 aromatic rings. The lowest BCUT2D eigenvalue weighted by molar-refractivity contribution is -0.152. The number of rotatable bonds is 16. The van der Waals surface area contributed by atoms with Crippen molar-refractivity contribution in [2.24, 2.45) is 10.8 Å². The quantitative estimate of drug-likeness (QED) is 0.233. The number of hydrogen-bond donors (Lipinski definition) is 2. The second kappa shape index (κ2) is 16.5. The monoisotopic (exact) mass is 612 g/mol. The van der Waals surface area contributed by atoms with E-state index < -0.39 is 22.9 Å². The Hall–Kier alpha value is -3.33. The van der Waals surface area contributed by atoms with Crippen molar-refractivity contribution in [3.05, 3.63) is 70.8 Å². The fourth-order valence-electron chi connectivity index (χ4n) is 5.32. The molecule has 0 heterocycles. The Morgan fingerprint density at radius 3 is 1.35 bits per heavy atom. The van der Waals surface area contributed by atoms with E-state index in [1.165, 1.54) is 26.0 Å². The van der Waals surface area contributed by atoms with Gasteiger partial charge in [-0.25, -0.2) is 0 Å². The summed E-state index contributed by atoms with van der Waals surface area (Å²) < 4.78 is 10.0. The maximum absolute atomic E-state index is 13.1. The number of carbonyl (C=O) groups excluding carboxylic acids is 4. The summed E-state index contributed by atoms with van der Waals surface area (Å²) in [5, 5.41) is 6.20. The number of thioether (sulfide) groups is 1. The third-order valence-corrected chi connectivity index (χ3v) is 8.60. The minimum atomic E-state index is -0.817. The predicted molar refractivity (Wildman–Crippen MR) is 172 cm³/mol.